The number of aryl methyl sites for hydroxylation is 1. The van der Waals surface area contributed by atoms with E-state index in [9.17, 15) is 13.0 Å². The van der Waals surface area contributed by atoms with E-state index in [1.54, 1.807) is 12.1 Å². The Morgan fingerprint density at radius 1 is 1.33 bits per heavy atom. The summed E-state index contributed by atoms with van der Waals surface area (Å²) in [5.74, 6) is 0. The van der Waals surface area contributed by atoms with Crippen molar-refractivity contribution in [3.63, 3.8) is 0 Å². The molecule has 0 saturated heterocycles. The fourth-order valence-corrected chi connectivity index (χ4v) is 1.17. The van der Waals surface area contributed by atoms with Gasteiger partial charge in [-0.05, 0) is 19.1 Å². The summed E-state index contributed by atoms with van der Waals surface area (Å²) >= 11 is 0. The first-order valence-electron chi connectivity index (χ1n) is 4.43. The van der Waals surface area contributed by atoms with Crippen LogP contribution in [0.3, 0.4) is 0 Å². The molecule has 0 aromatic heterocycles. The molecule has 0 unspecified atom stereocenters. The molecule has 1 aromatic rings. The summed E-state index contributed by atoms with van der Waals surface area (Å²) in [6.07, 6.45) is 0. The highest BCUT2D eigenvalue weighted by Crippen LogP contribution is 2.08. The molecule has 0 amide bonds. The van der Waals surface area contributed by atoms with Crippen molar-refractivity contribution in [2.75, 3.05) is 13.1 Å². The van der Waals surface area contributed by atoms with Crippen LogP contribution in [0.25, 0.3) is 0 Å². The Morgan fingerprint density at radius 3 is 2.00 bits per heavy atom. The maximum atomic E-state index is 10.4. The fraction of sp³-hybridized carbons (Fsp3) is 0.333. The average Bonchev–Trinajstić information content (AvgIpc) is 2.17. The maximum Gasteiger partial charge on any atom is 0.124 e. The average molecular weight is 232 g/mol. The van der Waals surface area contributed by atoms with Crippen LogP contribution in [0, 0.1) is 6.92 Å². The largest absolute Gasteiger partial charge is 0.744 e. The van der Waals surface area contributed by atoms with Crippen LogP contribution in [0.4, 0.5) is 0 Å². The van der Waals surface area contributed by atoms with Crippen LogP contribution < -0.4 is 11.5 Å². The summed E-state index contributed by atoms with van der Waals surface area (Å²) in [7, 11) is -4.27. The van der Waals surface area contributed by atoms with Gasteiger partial charge in [-0.15, -0.1) is 0 Å². The predicted octanol–water partition coefficient (Wildman–Crippen LogP) is -0.914. The SMILES string of the molecule is Cc1ccc(S(=O)(=O)[O-])cc1.NCC[NH3+]. The first kappa shape index (κ1) is 14.1. The van der Waals surface area contributed by atoms with Gasteiger partial charge < -0.3 is 16.0 Å². The molecule has 5 nitrogen and oxygen atoms in total. The summed E-state index contributed by atoms with van der Waals surface area (Å²) in [4.78, 5) is -0.178. The van der Waals surface area contributed by atoms with Gasteiger partial charge in [0.2, 0.25) is 0 Å². The number of benzene rings is 1. The van der Waals surface area contributed by atoms with Gasteiger partial charge in [0.15, 0.2) is 0 Å². The molecule has 0 heterocycles. The highest BCUT2D eigenvalue weighted by atomic mass is 32.2. The Labute approximate surface area is 89.8 Å². The molecule has 1 aromatic carbocycles. The van der Waals surface area contributed by atoms with E-state index in [0.29, 0.717) is 6.54 Å². The highest BCUT2D eigenvalue weighted by molar-refractivity contribution is 7.85. The Morgan fingerprint density at radius 2 is 1.73 bits per heavy atom. The molecule has 0 radical (unpaired) electrons. The van der Waals surface area contributed by atoms with E-state index < -0.39 is 10.1 Å². The zero-order valence-electron chi connectivity index (χ0n) is 8.64. The third-order valence-electron chi connectivity index (χ3n) is 1.51. The zero-order chi connectivity index (χ0) is 11.9. The summed E-state index contributed by atoms with van der Waals surface area (Å²) < 4.78 is 31.2. The molecule has 0 fully saturated rings. The van der Waals surface area contributed by atoms with Gasteiger partial charge in [-0.1, -0.05) is 17.7 Å². The lowest BCUT2D eigenvalue weighted by Gasteiger charge is -2.05. The molecule has 0 spiro atoms. The van der Waals surface area contributed by atoms with Crippen LogP contribution in [0.5, 0.6) is 0 Å². The summed E-state index contributed by atoms with van der Waals surface area (Å²) in [5.41, 5.74) is 9.37. The van der Waals surface area contributed by atoms with Gasteiger partial charge in [0, 0.05) is 6.54 Å². The molecule has 6 heteroatoms. The van der Waals surface area contributed by atoms with Crippen molar-refractivity contribution in [2.45, 2.75) is 11.8 Å². The second-order valence-electron chi connectivity index (χ2n) is 2.91. The van der Waals surface area contributed by atoms with Gasteiger partial charge in [-0.3, -0.25) is 0 Å². The Balaban J connectivity index is 0.000000423. The molecule has 1 rings (SSSR count). The smallest absolute Gasteiger partial charge is 0.124 e. The first-order chi connectivity index (χ1) is 6.91. The minimum atomic E-state index is -4.27. The van der Waals surface area contributed by atoms with Crippen LogP contribution in [0.15, 0.2) is 29.2 Å². The van der Waals surface area contributed by atoms with Gasteiger partial charge >= 0.3 is 0 Å². The maximum absolute atomic E-state index is 10.4. The summed E-state index contributed by atoms with van der Waals surface area (Å²) in [6.45, 7) is 3.38. The number of quaternary nitrogens is 1. The second-order valence-corrected chi connectivity index (χ2v) is 4.29. The van der Waals surface area contributed by atoms with Crippen LogP contribution >= 0.6 is 0 Å². The van der Waals surface area contributed by atoms with Crippen molar-refractivity contribution in [2.24, 2.45) is 5.73 Å². The number of rotatable bonds is 2. The van der Waals surface area contributed by atoms with E-state index in [2.05, 4.69) is 5.73 Å². The summed E-state index contributed by atoms with van der Waals surface area (Å²) in [6, 6.07) is 5.78. The summed E-state index contributed by atoms with van der Waals surface area (Å²) in [5, 5.41) is 0. The van der Waals surface area contributed by atoms with Gasteiger partial charge in [0.05, 0.1) is 11.4 Å². The molecule has 5 N–H and O–H groups in total. The van der Waals surface area contributed by atoms with Crippen molar-refractivity contribution in [1.82, 2.24) is 0 Å². The topological polar surface area (TPSA) is 111 Å². The second kappa shape index (κ2) is 6.52. The van der Waals surface area contributed by atoms with Gasteiger partial charge in [-0.25, -0.2) is 8.42 Å². The molecule has 0 aliphatic carbocycles. The molecule has 0 atom stereocenters. The van der Waals surface area contributed by atoms with E-state index in [1.807, 2.05) is 6.92 Å². The highest BCUT2D eigenvalue weighted by Gasteiger charge is 1.97. The van der Waals surface area contributed by atoms with Gasteiger partial charge in [0.1, 0.15) is 10.1 Å². The van der Waals surface area contributed by atoms with Crippen molar-refractivity contribution >= 4 is 10.1 Å². The van der Waals surface area contributed by atoms with Crippen LogP contribution in [-0.2, 0) is 10.1 Å². The van der Waals surface area contributed by atoms with Crippen molar-refractivity contribution in [3.05, 3.63) is 29.8 Å². The predicted molar refractivity (Wildman–Crippen MR) is 56.0 cm³/mol. The van der Waals surface area contributed by atoms with E-state index >= 15 is 0 Å². The van der Waals surface area contributed by atoms with Gasteiger partial charge in [-0.2, -0.15) is 0 Å². The number of hydrogen-bond acceptors (Lipinski definition) is 4. The van der Waals surface area contributed by atoms with Crippen LogP contribution in [0.1, 0.15) is 5.56 Å². The normalized spacial score (nSPS) is 10.4. The fourth-order valence-electron chi connectivity index (χ4n) is 0.705. The molecular weight excluding hydrogens is 216 g/mol. The van der Waals surface area contributed by atoms with E-state index in [1.165, 1.54) is 12.1 Å². The molecular formula is C9H16N2O3S. The quantitative estimate of drug-likeness (QED) is 0.643. The van der Waals surface area contributed by atoms with Crippen molar-refractivity contribution in [1.29, 1.82) is 0 Å². The Kier molecular flexibility index (Phi) is 6.11. The third kappa shape index (κ3) is 6.19. The minimum Gasteiger partial charge on any atom is -0.744 e. The van der Waals surface area contributed by atoms with E-state index in [-0.39, 0.29) is 4.90 Å². The molecule has 0 aliphatic rings. The standard InChI is InChI=1S/C7H8O3S.C2H8N2/c1-6-2-4-7(5-3-6)11(8,9)10;3-1-2-4/h2-5H,1H3,(H,8,9,10);1-4H2. The first-order valence-corrected chi connectivity index (χ1v) is 5.84. The van der Waals surface area contributed by atoms with Crippen LogP contribution in [0.2, 0.25) is 0 Å². The lowest BCUT2D eigenvalue weighted by molar-refractivity contribution is -0.363. The van der Waals surface area contributed by atoms with Crippen molar-refractivity contribution in [3.8, 4) is 0 Å². The van der Waals surface area contributed by atoms with E-state index in [0.717, 1.165) is 12.1 Å². The third-order valence-corrected chi connectivity index (χ3v) is 2.36. The molecule has 15 heavy (non-hydrogen) atoms. The molecule has 0 aliphatic heterocycles. The monoisotopic (exact) mass is 232 g/mol. The Hall–Kier alpha value is -0.950. The van der Waals surface area contributed by atoms with E-state index in [4.69, 9.17) is 5.73 Å². The number of nitrogens with two attached hydrogens (primary N) is 1. The molecule has 0 saturated carbocycles. The lowest BCUT2D eigenvalue weighted by atomic mass is 10.2. The van der Waals surface area contributed by atoms with Crippen LogP contribution in [-0.4, -0.2) is 26.1 Å². The van der Waals surface area contributed by atoms with Gasteiger partial charge in [0.25, 0.3) is 0 Å². The zero-order valence-corrected chi connectivity index (χ0v) is 9.46. The minimum absolute atomic E-state index is 0.178. The Bertz CT molecular complexity index is 371. The molecule has 86 valence electrons. The number of hydrogen-bond donors (Lipinski definition) is 2. The van der Waals surface area contributed by atoms with Crippen molar-refractivity contribution < 1.29 is 18.7 Å². The molecule has 0 bridgehead atoms. The lowest BCUT2D eigenvalue weighted by Crippen LogP contribution is -2.53.